The van der Waals surface area contributed by atoms with E-state index in [1.54, 1.807) is 29.5 Å². The topological polar surface area (TPSA) is 154 Å². The van der Waals surface area contributed by atoms with Crippen molar-refractivity contribution in [2.24, 2.45) is 10.8 Å². The van der Waals surface area contributed by atoms with Gasteiger partial charge in [0.1, 0.15) is 23.4 Å². The van der Waals surface area contributed by atoms with Crippen molar-refractivity contribution >= 4 is 29.4 Å². The van der Waals surface area contributed by atoms with Gasteiger partial charge >= 0.3 is 6.09 Å². The predicted octanol–water partition coefficient (Wildman–Crippen LogP) is 28.7. The molecule has 11 heterocycles. The Kier molecular flexibility index (Phi) is 48.4. The number of H-pyrrole nitrogens is 1. The van der Waals surface area contributed by atoms with Crippen LogP contribution in [0.2, 0.25) is 0 Å². The minimum absolute atomic E-state index is 0.0181. The number of halogens is 2. The second-order valence-corrected chi connectivity index (χ2v) is 49.6. The molecule has 0 amide bonds. The molecule has 16 nitrogen and oxygen atoms in total. The molecule has 0 aromatic carbocycles. The number of ether oxygens (including phenoxy) is 1. The van der Waals surface area contributed by atoms with Gasteiger partial charge in [-0.25, -0.2) is 13.6 Å². The third kappa shape index (κ3) is 50.2. The summed E-state index contributed by atoms with van der Waals surface area (Å²) >= 11 is 3.48. The standard InChI is InChI=1S/C13H21NO2.C9H17F2N.C9H15NO.2C9H19N.C8H17NS.C8H17N.C8H13N.C8H12O.C8H18.C7H11NO.C6H10N2S/c1-12(2,3)10-8-7-9-14(10)11(15)16-13(4,5)6;1-8(2,3)12-6-4-9(10,11)5-7-12;1-6-8(9(3,4)5)7(2)11-10-6;2*1-9(2,3)10-7-5-4-6-8-10;1-8(2,3)9-4-6-10-7-5-9;1-8(2,3)9-6-4-5-7-9;2*1-8(2,3)7-5-4-6-9-7;1-7(2,3)8(4,5)6;1-7(2,3)6-4-8-9-5-6;1-6(2,3)5-4-9-8-7-5/h7-9H,1-6H3;4-7H2,1-3H3;1-5H3;2*4-8H2,1-3H3;4-7H2,1-3H3;4-7H2,1-3H3;4-6,9H,1-3H3;4-6H,1-3H3;1-6H3;4-5H,1-3H3;4H,1-3H3. The number of rotatable bonds is 0. The van der Waals surface area contributed by atoms with E-state index in [9.17, 15) is 13.6 Å². The molecule has 708 valence electrons. The number of likely N-dealkylation sites (tertiary alicyclic amines) is 4. The number of aromatic nitrogens is 6. The average Bonchev–Trinajstić information content (AvgIpc) is 1.69. The molecule has 0 unspecified atom stereocenters. The van der Waals surface area contributed by atoms with E-state index in [2.05, 4.69) is 337 Å². The van der Waals surface area contributed by atoms with Gasteiger partial charge in [0.25, 0.3) is 5.92 Å². The molecule has 0 aliphatic carbocycles. The number of alkyl halides is 2. The number of nitrogens with zero attached hydrogens (tertiary/aromatic N) is 10. The highest BCUT2D eigenvalue weighted by atomic mass is 32.2. The zero-order chi connectivity index (χ0) is 95.0. The number of piperidine rings is 3. The van der Waals surface area contributed by atoms with Gasteiger partial charge in [-0.2, -0.15) is 11.8 Å². The number of thioether (sulfide) groups is 1. The molecule has 122 heavy (non-hydrogen) atoms. The van der Waals surface area contributed by atoms with Gasteiger partial charge in [-0.1, -0.05) is 194 Å². The molecule has 0 atom stereocenters. The Bertz CT molecular complexity index is 3340. The minimum Gasteiger partial charge on any atom is -0.469 e. The SMILES string of the molecule is CC(C)(C)C(C)(C)C.CC(C)(C)N1CCC(F)(F)CC1.CC(C)(C)N1CCCC1.CC(C)(C)N1CCCCC1.CC(C)(C)N1CCCCC1.CC(C)(C)N1CCSCC1.CC(C)(C)OC(=O)n1cccc1C(C)(C)C.CC(C)(C)c1ccc[nH]1.CC(C)(C)c1ccco1.CC(C)(C)c1cnoc1.CC(C)(C)c1csnn1.Cc1noc(C)c1C(C)(C)C. The molecule has 1 N–H and O–H groups in total. The first kappa shape index (κ1) is 117. The zero-order valence-corrected chi connectivity index (χ0v) is 88.7. The van der Waals surface area contributed by atoms with E-state index in [1.807, 2.05) is 76.5 Å². The Hall–Kier alpha value is -4.70. The molecular formula is C102H189F2N11O5S2. The quantitative estimate of drug-likeness (QED) is 0.153. The fraction of sp³-hybridized carbons (Fsp3) is 0.794. The molecule has 5 saturated heterocycles. The number of carbonyl (C=O) groups excluding carboxylic acids is 1. The lowest BCUT2D eigenvalue weighted by Gasteiger charge is -2.40. The van der Waals surface area contributed by atoms with E-state index in [-0.39, 0.29) is 57.0 Å². The van der Waals surface area contributed by atoms with Crippen molar-refractivity contribution in [1.29, 1.82) is 0 Å². The summed E-state index contributed by atoms with van der Waals surface area (Å²) in [4.78, 5) is 27.5. The number of carbonyl (C=O) groups is 1. The molecule has 11 rings (SSSR count). The van der Waals surface area contributed by atoms with Crippen LogP contribution in [0, 0.1) is 24.7 Å². The molecule has 5 aliphatic heterocycles. The highest BCUT2D eigenvalue weighted by molar-refractivity contribution is 7.99. The minimum atomic E-state index is -2.41. The molecule has 6 aromatic rings. The van der Waals surface area contributed by atoms with E-state index in [4.69, 9.17) is 18.2 Å². The van der Waals surface area contributed by atoms with Gasteiger partial charge in [-0.15, -0.1) is 5.10 Å². The highest BCUT2D eigenvalue weighted by Crippen LogP contribution is 2.37. The first-order chi connectivity index (χ1) is 54.9. The lowest BCUT2D eigenvalue weighted by molar-refractivity contribution is -0.0713. The maximum Gasteiger partial charge on any atom is 0.418 e. The van der Waals surface area contributed by atoms with Crippen molar-refractivity contribution in [3.8, 4) is 0 Å². The van der Waals surface area contributed by atoms with Crippen LogP contribution in [-0.4, -0.2) is 176 Å². The van der Waals surface area contributed by atoms with Crippen molar-refractivity contribution < 1.29 is 31.8 Å². The van der Waals surface area contributed by atoms with Crippen LogP contribution in [0.1, 0.15) is 400 Å². The van der Waals surface area contributed by atoms with Gasteiger partial charge in [-0.3, -0.25) is 29.1 Å². The number of furan rings is 1. The van der Waals surface area contributed by atoms with Crippen LogP contribution in [0.3, 0.4) is 0 Å². The molecule has 0 bridgehead atoms. The van der Waals surface area contributed by atoms with Crippen LogP contribution < -0.4 is 0 Å². The maximum absolute atomic E-state index is 12.7. The van der Waals surface area contributed by atoms with Crippen LogP contribution in [0.4, 0.5) is 13.6 Å². The summed E-state index contributed by atoms with van der Waals surface area (Å²) in [6, 6.07) is 11.9. The number of hydrogen-bond donors (Lipinski definition) is 1. The maximum atomic E-state index is 12.7. The number of aromatic amines is 1. The normalized spacial score (nSPS) is 17.1. The molecule has 0 saturated carbocycles. The van der Waals surface area contributed by atoms with E-state index in [0.717, 1.165) is 34.2 Å². The second-order valence-electron chi connectivity index (χ2n) is 47.8. The smallest absolute Gasteiger partial charge is 0.418 e. The average molecular weight is 1750 g/mol. The molecule has 5 fully saturated rings. The third-order valence-electron chi connectivity index (χ3n) is 22.3. The molecule has 0 radical (unpaired) electrons. The largest absolute Gasteiger partial charge is 0.469 e. The van der Waals surface area contributed by atoms with Gasteiger partial charge in [-0.05, 0) is 286 Å². The van der Waals surface area contributed by atoms with Crippen molar-refractivity contribution in [3.63, 3.8) is 0 Å². The van der Waals surface area contributed by atoms with Gasteiger partial charge < -0.3 is 23.2 Å². The predicted molar refractivity (Wildman–Crippen MR) is 524 cm³/mol. The van der Waals surface area contributed by atoms with Crippen LogP contribution >= 0.6 is 23.3 Å². The lowest BCUT2D eigenvalue weighted by Crippen LogP contribution is -2.48. The first-order valence-electron chi connectivity index (χ1n) is 45.8. The van der Waals surface area contributed by atoms with Gasteiger partial charge in [0.15, 0.2) is 0 Å². The third-order valence-corrected chi connectivity index (χ3v) is 23.7. The number of aryl methyl sites for hydroxylation is 2. The molecule has 0 spiro atoms. The summed E-state index contributed by atoms with van der Waals surface area (Å²) < 4.78 is 51.1. The number of hydrogen-bond acceptors (Lipinski definition) is 16. The van der Waals surface area contributed by atoms with E-state index in [1.165, 1.54) is 138 Å². The van der Waals surface area contributed by atoms with Crippen molar-refractivity contribution in [3.05, 3.63) is 118 Å². The number of nitrogens with one attached hydrogen (secondary N) is 1. The van der Waals surface area contributed by atoms with Gasteiger partial charge in [0.05, 0.1) is 23.8 Å². The molecular weight excluding hydrogens is 1560 g/mol. The Morgan fingerprint density at radius 1 is 0.475 bits per heavy atom. The Morgan fingerprint density at radius 2 is 0.893 bits per heavy atom. The van der Waals surface area contributed by atoms with Gasteiger partial charge in [0.2, 0.25) is 0 Å². The fourth-order valence-corrected chi connectivity index (χ4v) is 14.4. The monoisotopic (exact) mass is 1750 g/mol. The summed E-state index contributed by atoms with van der Waals surface area (Å²) in [5.74, 6) is 2.20. The second kappa shape index (κ2) is 50.3. The molecule has 5 aliphatic rings. The van der Waals surface area contributed by atoms with E-state index in [0.29, 0.717) is 46.1 Å². The Balaban J connectivity index is 0.00000131. The summed E-state index contributed by atoms with van der Waals surface area (Å²) in [6.07, 6.45) is 19.8. The molecule has 20 heteroatoms. The van der Waals surface area contributed by atoms with Crippen molar-refractivity contribution in [2.75, 3.05) is 77.0 Å². The van der Waals surface area contributed by atoms with Crippen molar-refractivity contribution in [1.82, 2.24) is 54.0 Å². The van der Waals surface area contributed by atoms with Crippen molar-refractivity contribution in [2.45, 2.75) is 441 Å². The van der Waals surface area contributed by atoms with Crippen LogP contribution in [0.5, 0.6) is 0 Å². The first-order valence-corrected chi connectivity index (χ1v) is 47.8. The summed E-state index contributed by atoms with van der Waals surface area (Å²) in [7, 11) is 0. The van der Waals surface area contributed by atoms with Crippen LogP contribution in [0.25, 0.3) is 0 Å². The van der Waals surface area contributed by atoms with E-state index < -0.39 is 11.5 Å². The van der Waals surface area contributed by atoms with Crippen LogP contribution in [-0.2, 0) is 37.2 Å². The fourth-order valence-electron chi connectivity index (χ4n) is 12.8. The van der Waals surface area contributed by atoms with E-state index >= 15 is 0 Å². The zero-order valence-electron chi connectivity index (χ0n) is 87.1. The summed E-state index contributed by atoms with van der Waals surface area (Å²) in [5, 5.41) is 13.5. The van der Waals surface area contributed by atoms with Gasteiger partial charge in [0, 0.05) is 140 Å². The summed E-state index contributed by atoms with van der Waals surface area (Å²) in [6.45, 7) is 107. The van der Waals surface area contributed by atoms with Crippen LogP contribution in [0.15, 0.2) is 86.4 Å². The Morgan fingerprint density at radius 3 is 1.12 bits per heavy atom. The highest BCUT2D eigenvalue weighted by Gasteiger charge is 2.38. The lowest BCUT2D eigenvalue weighted by atomic mass is 9.71. The summed E-state index contributed by atoms with van der Waals surface area (Å²) in [5.41, 5.74) is 9.60. The Labute approximate surface area is 757 Å². The molecule has 6 aromatic heterocycles.